The monoisotopic (exact) mass is 419 g/mol. The summed E-state index contributed by atoms with van der Waals surface area (Å²) in [6.07, 6.45) is -0.0510. The van der Waals surface area contributed by atoms with Gasteiger partial charge in [-0.15, -0.1) is 4.83 Å². The first-order valence-corrected chi connectivity index (χ1v) is 9.85. The normalized spacial score (nSPS) is 11.3. The van der Waals surface area contributed by atoms with Gasteiger partial charge in [-0.2, -0.15) is 0 Å². The molecule has 2 N–H and O–H groups in total. The maximum Gasteiger partial charge on any atom is 0.289 e. The van der Waals surface area contributed by atoms with Gasteiger partial charge in [0.1, 0.15) is 5.02 Å². The largest absolute Gasteiger partial charge is 0.289 e. The molecule has 0 atom stereocenters. The van der Waals surface area contributed by atoms with Crippen molar-refractivity contribution in [3.8, 4) is 0 Å². The van der Waals surface area contributed by atoms with Gasteiger partial charge in [0, 0.05) is 6.07 Å². The van der Waals surface area contributed by atoms with Crippen LogP contribution in [0.5, 0.6) is 0 Å². The van der Waals surface area contributed by atoms with E-state index in [9.17, 15) is 23.3 Å². The van der Waals surface area contributed by atoms with E-state index in [1.54, 1.807) is 6.07 Å². The summed E-state index contributed by atoms with van der Waals surface area (Å²) in [6.45, 7) is 0. The minimum atomic E-state index is -4.21. The van der Waals surface area contributed by atoms with Crippen molar-refractivity contribution in [3.05, 3.63) is 81.4 Å². The fourth-order valence-corrected chi connectivity index (χ4v) is 3.71. The van der Waals surface area contributed by atoms with Crippen LogP contribution in [0.15, 0.2) is 65.6 Å². The molecular formula is C18H14ClN3O5S. The topological polar surface area (TPSA) is 118 Å². The summed E-state index contributed by atoms with van der Waals surface area (Å²) in [5.74, 6) is -0.580. The van der Waals surface area contributed by atoms with E-state index >= 15 is 0 Å². The maximum atomic E-state index is 12.3. The summed E-state index contributed by atoms with van der Waals surface area (Å²) < 4.78 is 24.6. The van der Waals surface area contributed by atoms with E-state index in [1.807, 2.05) is 41.2 Å². The first kappa shape index (κ1) is 19.7. The number of nitro groups is 1. The number of hydrogen-bond acceptors (Lipinski definition) is 5. The van der Waals surface area contributed by atoms with Crippen LogP contribution in [-0.4, -0.2) is 19.2 Å². The lowest BCUT2D eigenvalue weighted by atomic mass is 10.0. The number of amides is 1. The van der Waals surface area contributed by atoms with Crippen molar-refractivity contribution >= 4 is 44.0 Å². The third-order valence-electron chi connectivity index (χ3n) is 3.98. The molecule has 0 heterocycles. The van der Waals surface area contributed by atoms with Gasteiger partial charge >= 0.3 is 0 Å². The van der Waals surface area contributed by atoms with Crippen LogP contribution in [0, 0.1) is 10.1 Å². The molecule has 0 bridgehead atoms. The van der Waals surface area contributed by atoms with Gasteiger partial charge in [0.05, 0.1) is 16.2 Å². The Bertz CT molecular complexity index is 1180. The number of rotatable bonds is 6. The summed E-state index contributed by atoms with van der Waals surface area (Å²) in [7, 11) is -4.21. The van der Waals surface area contributed by atoms with Crippen LogP contribution in [0.3, 0.4) is 0 Å². The molecule has 10 heteroatoms. The van der Waals surface area contributed by atoms with Gasteiger partial charge < -0.3 is 0 Å². The molecule has 0 aliphatic carbocycles. The minimum Gasteiger partial charge on any atom is -0.277 e. The number of hydrazine groups is 1. The van der Waals surface area contributed by atoms with Crippen molar-refractivity contribution in [1.82, 2.24) is 10.3 Å². The number of fused-ring (bicyclic) bond motifs is 1. The predicted molar refractivity (Wildman–Crippen MR) is 104 cm³/mol. The maximum absolute atomic E-state index is 12.3. The van der Waals surface area contributed by atoms with Crippen LogP contribution in [0.25, 0.3) is 10.8 Å². The Balaban J connectivity index is 1.73. The van der Waals surface area contributed by atoms with Gasteiger partial charge in [0.25, 0.3) is 15.7 Å². The highest BCUT2D eigenvalue weighted by Crippen LogP contribution is 2.26. The number of nitrogens with zero attached hydrogens (tertiary/aromatic N) is 1. The Labute approximate surface area is 165 Å². The predicted octanol–water partition coefficient (Wildman–Crippen LogP) is 2.95. The van der Waals surface area contributed by atoms with Gasteiger partial charge in [-0.25, -0.2) is 8.42 Å². The Morgan fingerprint density at radius 3 is 2.54 bits per heavy atom. The average Bonchev–Trinajstić information content (AvgIpc) is 2.67. The van der Waals surface area contributed by atoms with Crippen molar-refractivity contribution in [3.63, 3.8) is 0 Å². The summed E-state index contributed by atoms with van der Waals surface area (Å²) in [5.41, 5.74) is 2.30. The van der Waals surface area contributed by atoms with Gasteiger partial charge in [0.2, 0.25) is 5.91 Å². The van der Waals surface area contributed by atoms with E-state index in [1.165, 1.54) is 0 Å². The van der Waals surface area contributed by atoms with Gasteiger partial charge in [-0.3, -0.25) is 20.3 Å². The zero-order chi connectivity index (χ0) is 20.3. The van der Waals surface area contributed by atoms with Gasteiger partial charge in [0.15, 0.2) is 0 Å². The number of nitrogens with one attached hydrogen (secondary N) is 2. The van der Waals surface area contributed by atoms with Crippen LogP contribution in [0.2, 0.25) is 5.02 Å². The summed E-state index contributed by atoms with van der Waals surface area (Å²) in [5, 5.41) is 12.6. The molecule has 0 radical (unpaired) electrons. The molecule has 28 heavy (non-hydrogen) atoms. The lowest BCUT2D eigenvalue weighted by Crippen LogP contribution is -2.42. The van der Waals surface area contributed by atoms with Crippen LogP contribution < -0.4 is 10.3 Å². The lowest BCUT2D eigenvalue weighted by Gasteiger charge is -2.10. The number of sulfonamides is 1. The first-order chi connectivity index (χ1) is 13.3. The fraction of sp³-hybridized carbons (Fsp3) is 0.0556. The molecule has 3 aromatic rings. The zero-order valence-electron chi connectivity index (χ0n) is 14.3. The fourth-order valence-electron chi connectivity index (χ4n) is 2.65. The van der Waals surface area contributed by atoms with Crippen molar-refractivity contribution in [2.75, 3.05) is 0 Å². The van der Waals surface area contributed by atoms with Crippen molar-refractivity contribution in [2.45, 2.75) is 11.3 Å². The molecule has 0 aliphatic heterocycles. The van der Waals surface area contributed by atoms with Gasteiger partial charge in [-0.1, -0.05) is 54.1 Å². The molecule has 0 unspecified atom stereocenters. The molecule has 0 saturated carbocycles. The summed E-state index contributed by atoms with van der Waals surface area (Å²) >= 11 is 5.68. The van der Waals surface area contributed by atoms with Crippen molar-refractivity contribution in [1.29, 1.82) is 0 Å². The molecule has 0 saturated heterocycles. The Kier molecular flexibility index (Phi) is 5.59. The SMILES string of the molecule is O=C(Cc1cccc2ccccc12)NNS(=O)(=O)c1ccc(Cl)c([N+](=O)[O-])c1. The second kappa shape index (κ2) is 7.93. The third kappa shape index (κ3) is 4.28. The molecule has 0 aromatic heterocycles. The number of benzene rings is 3. The minimum absolute atomic E-state index is 0.0510. The highest BCUT2D eigenvalue weighted by Gasteiger charge is 2.21. The molecule has 0 spiro atoms. The molecule has 8 nitrogen and oxygen atoms in total. The van der Waals surface area contributed by atoms with Crippen molar-refractivity contribution < 1.29 is 18.1 Å². The van der Waals surface area contributed by atoms with E-state index in [0.717, 1.165) is 34.5 Å². The number of halogens is 1. The molecule has 3 rings (SSSR count). The van der Waals surface area contributed by atoms with E-state index in [2.05, 4.69) is 5.43 Å². The summed E-state index contributed by atoms with van der Waals surface area (Å²) in [6, 6.07) is 16.0. The Morgan fingerprint density at radius 1 is 1.07 bits per heavy atom. The van der Waals surface area contributed by atoms with E-state index < -0.39 is 31.4 Å². The molecular weight excluding hydrogens is 406 g/mol. The van der Waals surface area contributed by atoms with Crippen LogP contribution >= 0.6 is 11.6 Å². The van der Waals surface area contributed by atoms with E-state index in [4.69, 9.17) is 11.6 Å². The zero-order valence-corrected chi connectivity index (χ0v) is 15.8. The molecule has 1 amide bonds. The molecule has 0 fully saturated rings. The number of carbonyl (C=O) groups is 1. The second-order valence-corrected chi connectivity index (χ2v) is 7.93. The summed E-state index contributed by atoms with van der Waals surface area (Å²) in [4.78, 5) is 23.9. The smallest absolute Gasteiger partial charge is 0.277 e. The Morgan fingerprint density at radius 2 is 1.79 bits per heavy atom. The number of hydrogen-bond donors (Lipinski definition) is 2. The van der Waals surface area contributed by atoms with Crippen LogP contribution in [-0.2, 0) is 21.2 Å². The molecule has 0 aliphatic rings. The third-order valence-corrected chi connectivity index (χ3v) is 5.55. The first-order valence-electron chi connectivity index (χ1n) is 7.99. The quantitative estimate of drug-likeness (QED) is 0.470. The van der Waals surface area contributed by atoms with Crippen molar-refractivity contribution in [2.24, 2.45) is 0 Å². The van der Waals surface area contributed by atoms with Gasteiger partial charge in [-0.05, 0) is 28.5 Å². The van der Waals surface area contributed by atoms with E-state index in [0.29, 0.717) is 0 Å². The highest BCUT2D eigenvalue weighted by molar-refractivity contribution is 7.89. The number of nitro benzene ring substituents is 1. The van der Waals surface area contributed by atoms with Crippen LogP contribution in [0.4, 0.5) is 5.69 Å². The second-order valence-electron chi connectivity index (χ2n) is 5.84. The molecule has 144 valence electrons. The van der Waals surface area contributed by atoms with E-state index in [-0.39, 0.29) is 11.4 Å². The number of carbonyl (C=O) groups excluding carboxylic acids is 1. The molecule has 3 aromatic carbocycles. The van der Waals surface area contributed by atoms with Crippen LogP contribution in [0.1, 0.15) is 5.56 Å². The highest BCUT2D eigenvalue weighted by atomic mass is 35.5. The Hall–Kier alpha value is -3.01. The average molecular weight is 420 g/mol. The standard InChI is InChI=1S/C18H14ClN3O5S/c19-16-9-8-14(11-17(16)22(24)25)28(26,27)21-20-18(23)10-13-6-3-5-12-4-1-2-7-15(12)13/h1-9,11,21H,10H2,(H,20,23). The lowest BCUT2D eigenvalue weighted by molar-refractivity contribution is -0.384.